The van der Waals surface area contributed by atoms with Gasteiger partial charge in [0.1, 0.15) is 5.75 Å². The number of nitrogens with one attached hydrogen (secondary N) is 1. The number of rotatable bonds is 5. The van der Waals surface area contributed by atoms with Gasteiger partial charge < -0.3 is 14.0 Å². The molecule has 28 heavy (non-hydrogen) atoms. The topological polar surface area (TPSA) is 82.0 Å². The number of benzene rings is 1. The van der Waals surface area contributed by atoms with Gasteiger partial charge >= 0.3 is 7.12 Å². The van der Waals surface area contributed by atoms with E-state index in [9.17, 15) is 4.79 Å². The Morgan fingerprint density at radius 3 is 2.39 bits per heavy atom. The summed E-state index contributed by atoms with van der Waals surface area (Å²) in [5.74, 6) is 0.356. The van der Waals surface area contributed by atoms with E-state index in [0.29, 0.717) is 11.3 Å². The van der Waals surface area contributed by atoms with E-state index in [-0.39, 0.29) is 5.91 Å². The molecule has 1 amide bonds. The average molecular weight is 381 g/mol. The first-order valence-electron chi connectivity index (χ1n) is 9.00. The molecule has 1 aromatic carbocycles. The molecule has 0 atom stereocenters. The molecule has 1 aromatic heterocycles. The lowest BCUT2D eigenvalue weighted by molar-refractivity contribution is 0.00578. The van der Waals surface area contributed by atoms with Crippen molar-refractivity contribution in [2.75, 3.05) is 7.11 Å². The monoisotopic (exact) mass is 381 g/mol. The maximum atomic E-state index is 12.0. The molecular weight excluding hydrogens is 357 g/mol. The minimum Gasteiger partial charge on any atom is -0.497 e. The van der Waals surface area contributed by atoms with Crippen LogP contribution in [0.5, 0.6) is 5.75 Å². The van der Waals surface area contributed by atoms with Crippen molar-refractivity contribution in [2.45, 2.75) is 38.9 Å². The molecule has 7 nitrogen and oxygen atoms in total. The third-order valence-corrected chi connectivity index (χ3v) is 5.08. The van der Waals surface area contributed by atoms with Gasteiger partial charge in [0.2, 0.25) is 0 Å². The van der Waals surface area contributed by atoms with Crippen LogP contribution in [0.25, 0.3) is 0 Å². The number of aromatic nitrogens is 1. The lowest BCUT2D eigenvalue weighted by atomic mass is 9.77. The zero-order valence-electron chi connectivity index (χ0n) is 16.7. The Bertz CT molecular complexity index is 868. The molecular formula is C20H24BN3O4. The molecule has 0 aliphatic carbocycles. The highest BCUT2D eigenvalue weighted by atomic mass is 16.7. The first-order chi connectivity index (χ1) is 13.2. The average Bonchev–Trinajstić information content (AvgIpc) is 2.89. The summed E-state index contributed by atoms with van der Waals surface area (Å²) in [6, 6.07) is 8.79. The molecule has 0 unspecified atom stereocenters. The van der Waals surface area contributed by atoms with E-state index in [4.69, 9.17) is 14.0 Å². The van der Waals surface area contributed by atoms with Crippen molar-refractivity contribution in [1.82, 2.24) is 10.4 Å². The molecule has 0 spiro atoms. The van der Waals surface area contributed by atoms with Crippen LogP contribution in [0.4, 0.5) is 0 Å². The zero-order valence-corrected chi connectivity index (χ0v) is 16.7. The van der Waals surface area contributed by atoms with Crippen molar-refractivity contribution in [3.8, 4) is 5.75 Å². The standard InChI is InChI=1S/C20H24BN3O4/c1-19(2)20(3,4)28-21(27-19)16-12-14(6-7-17(16)26-5)13-23-24-18(25)15-8-10-22-11-9-15/h6-13H,1-5H3,(H,24,25)/b23-13+. The van der Waals surface area contributed by atoms with Gasteiger partial charge in [-0.15, -0.1) is 0 Å². The number of carbonyl (C=O) groups excluding carboxylic acids is 1. The second-order valence-corrected chi connectivity index (χ2v) is 7.52. The van der Waals surface area contributed by atoms with Gasteiger partial charge in [-0.05, 0) is 63.6 Å². The van der Waals surface area contributed by atoms with Gasteiger partial charge in [0.15, 0.2) is 0 Å². The molecule has 0 radical (unpaired) electrons. The van der Waals surface area contributed by atoms with Crippen molar-refractivity contribution in [3.05, 3.63) is 53.9 Å². The second-order valence-electron chi connectivity index (χ2n) is 7.52. The Hall–Kier alpha value is -2.71. The largest absolute Gasteiger partial charge is 0.498 e. The van der Waals surface area contributed by atoms with Gasteiger partial charge in [0.05, 0.1) is 24.5 Å². The number of pyridine rings is 1. The first kappa shape index (κ1) is 20.0. The quantitative estimate of drug-likeness (QED) is 0.488. The summed E-state index contributed by atoms with van der Waals surface area (Å²) in [6.07, 6.45) is 4.67. The van der Waals surface area contributed by atoms with Crippen LogP contribution < -0.4 is 15.6 Å². The maximum Gasteiger partial charge on any atom is 0.498 e. The minimum absolute atomic E-state index is 0.307. The molecule has 146 valence electrons. The zero-order chi connectivity index (χ0) is 20.4. The molecule has 2 aromatic rings. The van der Waals surface area contributed by atoms with Crippen LogP contribution in [-0.4, -0.2) is 42.5 Å². The number of hydrogen-bond acceptors (Lipinski definition) is 6. The van der Waals surface area contributed by atoms with E-state index in [2.05, 4.69) is 15.5 Å². The molecule has 8 heteroatoms. The molecule has 1 N–H and O–H groups in total. The van der Waals surface area contributed by atoms with Crippen LogP contribution in [0.15, 0.2) is 47.8 Å². The Labute approximate surface area is 165 Å². The molecule has 1 saturated heterocycles. The van der Waals surface area contributed by atoms with Crippen molar-refractivity contribution in [1.29, 1.82) is 0 Å². The van der Waals surface area contributed by atoms with Crippen molar-refractivity contribution in [3.63, 3.8) is 0 Å². The lowest BCUT2D eigenvalue weighted by Gasteiger charge is -2.32. The Balaban J connectivity index is 1.77. The van der Waals surface area contributed by atoms with Crippen LogP contribution in [0.3, 0.4) is 0 Å². The predicted octanol–water partition coefficient (Wildman–Crippen LogP) is 2.15. The van der Waals surface area contributed by atoms with E-state index >= 15 is 0 Å². The van der Waals surface area contributed by atoms with Crippen LogP contribution in [0.2, 0.25) is 0 Å². The van der Waals surface area contributed by atoms with Gasteiger partial charge in [0.25, 0.3) is 5.91 Å². The van der Waals surface area contributed by atoms with Gasteiger partial charge in [-0.2, -0.15) is 5.10 Å². The Kier molecular flexibility index (Phi) is 5.53. The fourth-order valence-corrected chi connectivity index (χ4v) is 2.72. The number of amides is 1. The van der Waals surface area contributed by atoms with Gasteiger partial charge in [-0.25, -0.2) is 5.43 Å². The van der Waals surface area contributed by atoms with Crippen LogP contribution in [0, 0.1) is 0 Å². The summed E-state index contributed by atoms with van der Waals surface area (Å²) in [5.41, 5.74) is 3.63. The van der Waals surface area contributed by atoms with E-state index in [1.54, 1.807) is 37.9 Å². The number of hydrazone groups is 1. The minimum atomic E-state index is -0.556. The normalized spacial score (nSPS) is 17.7. The predicted molar refractivity (Wildman–Crippen MR) is 108 cm³/mol. The molecule has 1 aliphatic heterocycles. The SMILES string of the molecule is COc1ccc(/C=N/NC(=O)c2ccncc2)cc1B1OC(C)(C)C(C)(C)O1. The van der Waals surface area contributed by atoms with Gasteiger partial charge in [-0.3, -0.25) is 9.78 Å². The smallest absolute Gasteiger partial charge is 0.497 e. The summed E-state index contributed by atoms with van der Waals surface area (Å²) in [4.78, 5) is 15.9. The summed E-state index contributed by atoms with van der Waals surface area (Å²) >= 11 is 0. The van der Waals surface area contributed by atoms with E-state index in [1.807, 2.05) is 45.9 Å². The van der Waals surface area contributed by atoms with Gasteiger partial charge in [0, 0.05) is 23.4 Å². The highest BCUT2D eigenvalue weighted by Gasteiger charge is 2.52. The Morgan fingerprint density at radius 1 is 1.14 bits per heavy atom. The highest BCUT2D eigenvalue weighted by Crippen LogP contribution is 2.37. The number of hydrogen-bond donors (Lipinski definition) is 1. The van der Waals surface area contributed by atoms with Crippen molar-refractivity contribution >= 4 is 24.7 Å². The molecule has 1 aliphatic rings. The number of ether oxygens (including phenoxy) is 1. The molecule has 0 saturated carbocycles. The van der Waals surface area contributed by atoms with Gasteiger partial charge in [-0.1, -0.05) is 0 Å². The Morgan fingerprint density at radius 2 is 1.79 bits per heavy atom. The summed E-state index contributed by atoms with van der Waals surface area (Å²) in [5, 5.41) is 4.03. The van der Waals surface area contributed by atoms with Crippen molar-refractivity contribution in [2.24, 2.45) is 5.10 Å². The third kappa shape index (κ3) is 4.08. The molecule has 2 heterocycles. The molecule has 1 fully saturated rings. The lowest BCUT2D eigenvalue weighted by Crippen LogP contribution is -2.41. The number of nitrogens with zero attached hydrogens (tertiary/aromatic N) is 2. The van der Waals surface area contributed by atoms with Crippen LogP contribution in [-0.2, 0) is 9.31 Å². The number of carbonyl (C=O) groups is 1. The second kappa shape index (κ2) is 7.73. The number of methoxy groups -OCH3 is 1. The molecule has 3 rings (SSSR count). The summed E-state index contributed by atoms with van der Waals surface area (Å²) in [6.45, 7) is 8.00. The summed E-state index contributed by atoms with van der Waals surface area (Å²) in [7, 11) is 1.05. The van der Waals surface area contributed by atoms with Crippen LogP contribution >= 0.6 is 0 Å². The molecule has 0 bridgehead atoms. The highest BCUT2D eigenvalue weighted by molar-refractivity contribution is 6.63. The fraction of sp³-hybridized carbons (Fsp3) is 0.350. The van der Waals surface area contributed by atoms with E-state index in [1.165, 1.54) is 0 Å². The van der Waals surface area contributed by atoms with Crippen LogP contribution in [0.1, 0.15) is 43.6 Å². The van der Waals surface area contributed by atoms with Crippen molar-refractivity contribution < 1.29 is 18.8 Å². The first-order valence-corrected chi connectivity index (χ1v) is 9.00. The summed E-state index contributed by atoms with van der Waals surface area (Å²) < 4.78 is 17.7. The maximum absolute atomic E-state index is 12.0. The van der Waals surface area contributed by atoms with E-state index < -0.39 is 18.3 Å². The van der Waals surface area contributed by atoms with E-state index in [0.717, 1.165) is 11.0 Å². The fourth-order valence-electron chi connectivity index (χ4n) is 2.72. The third-order valence-electron chi connectivity index (χ3n) is 5.08.